The molecule has 2 heterocycles. The van der Waals surface area contributed by atoms with Crippen LogP contribution < -0.4 is 9.64 Å². The number of allylic oxidation sites excluding steroid dienone is 2. The van der Waals surface area contributed by atoms with Gasteiger partial charge >= 0.3 is 5.97 Å². The van der Waals surface area contributed by atoms with Gasteiger partial charge in [0.05, 0.1) is 46.9 Å². The summed E-state index contributed by atoms with van der Waals surface area (Å²) < 4.78 is 5.83. The number of hydrogen-bond donors (Lipinski definition) is 2. The third-order valence-electron chi connectivity index (χ3n) is 10.4. The lowest BCUT2D eigenvalue weighted by molar-refractivity contribution is -0.142. The van der Waals surface area contributed by atoms with Crippen LogP contribution in [-0.4, -0.2) is 58.4 Å². The van der Waals surface area contributed by atoms with Gasteiger partial charge in [0.1, 0.15) is 0 Å². The highest BCUT2D eigenvalue weighted by molar-refractivity contribution is 9.10. The van der Waals surface area contributed by atoms with E-state index in [1.807, 2.05) is 36.4 Å². The van der Waals surface area contributed by atoms with Gasteiger partial charge in [-0.25, -0.2) is 4.90 Å². The molecule has 0 spiro atoms. The molecule has 12 heteroatoms. The number of carbonyl (C=O) groups excluding carboxylic acids is 4. The molecule has 2 saturated heterocycles. The summed E-state index contributed by atoms with van der Waals surface area (Å²) in [5.74, 6) is -6.91. The summed E-state index contributed by atoms with van der Waals surface area (Å²) >= 11 is 9.79. The van der Waals surface area contributed by atoms with Gasteiger partial charge in [0, 0.05) is 17.5 Å². The molecular weight excluding hydrogens is 704 g/mol. The molecular formula is C36H30BrClN2O8. The summed E-state index contributed by atoms with van der Waals surface area (Å²) in [5.41, 5.74) is 0.711. The normalized spacial score (nSPS) is 27.8. The summed E-state index contributed by atoms with van der Waals surface area (Å²) in [6, 6.07) is 18.9. The lowest BCUT2D eigenvalue weighted by Gasteiger charge is -2.50. The average Bonchev–Trinajstić information content (AvgIpc) is 3.45. The van der Waals surface area contributed by atoms with Crippen molar-refractivity contribution >= 4 is 62.8 Å². The van der Waals surface area contributed by atoms with Gasteiger partial charge in [-0.1, -0.05) is 59.6 Å². The van der Waals surface area contributed by atoms with E-state index in [2.05, 4.69) is 15.9 Å². The molecule has 7 rings (SSSR count). The number of anilines is 1. The molecule has 1 saturated carbocycles. The number of carboxylic acids is 1. The highest BCUT2D eigenvalue weighted by Crippen LogP contribution is 2.65. The van der Waals surface area contributed by atoms with Crippen LogP contribution >= 0.6 is 27.5 Å². The Balaban J connectivity index is 1.48. The molecule has 6 unspecified atom stereocenters. The van der Waals surface area contributed by atoms with Crippen LogP contribution in [0, 0.1) is 23.7 Å². The van der Waals surface area contributed by atoms with Gasteiger partial charge in [-0.3, -0.25) is 28.9 Å². The van der Waals surface area contributed by atoms with Crippen molar-refractivity contribution in [1.82, 2.24) is 4.90 Å². The van der Waals surface area contributed by atoms with Crippen molar-refractivity contribution in [2.75, 3.05) is 18.6 Å². The van der Waals surface area contributed by atoms with Gasteiger partial charge in [0.25, 0.3) is 0 Å². The fraction of sp³-hybridized carbons (Fsp3) is 0.306. The number of methoxy groups -OCH3 is 1. The molecule has 0 aromatic heterocycles. The van der Waals surface area contributed by atoms with E-state index >= 15 is 4.79 Å². The number of halogens is 2. The minimum absolute atomic E-state index is 0.0994. The van der Waals surface area contributed by atoms with Crippen LogP contribution in [-0.2, 0) is 29.4 Å². The van der Waals surface area contributed by atoms with Gasteiger partial charge in [-0.15, -0.1) is 0 Å². The van der Waals surface area contributed by atoms with Crippen LogP contribution in [0.15, 0.2) is 82.9 Å². The Kier molecular flexibility index (Phi) is 7.95. The Labute approximate surface area is 289 Å². The third-order valence-corrected chi connectivity index (χ3v) is 11.3. The van der Waals surface area contributed by atoms with Crippen LogP contribution in [0.4, 0.5) is 5.69 Å². The number of carbonyl (C=O) groups is 5. The smallest absolute Gasteiger partial charge is 0.305 e. The fourth-order valence-electron chi connectivity index (χ4n) is 8.53. The van der Waals surface area contributed by atoms with Crippen molar-refractivity contribution < 1.29 is 38.9 Å². The molecule has 2 aliphatic carbocycles. The summed E-state index contributed by atoms with van der Waals surface area (Å²) in [6.07, 6.45) is 1.83. The number of phenolic OH excluding ortho intramolecular Hbond substituents is 1. The number of fused-ring (bicyclic) bond motifs is 4. The molecule has 3 fully saturated rings. The van der Waals surface area contributed by atoms with Crippen molar-refractivity contribution in [2.45, 2.75) is 30.6 Å². The number of aliphatic carboxylic acids is 1. The molecule has 0 bridgehead atoms. The minimum atomic E-state index is -1.49. The second-order valence-electron chi connectivity index (χ2n) is 12.6. The summed E-state index contributed by atoms with van der Waals surface area (Å²) in [5, 5.41) is 20.4. The lowest BCUT2D eigenvalue weighted by atomic mass is 9.49. The number of likely N-dealkylation sites (tertiary alicyclic amines) is 1. The van der Waals surface area contributed by atoms with Crippen LogP contribution in [0.3, 0.4) is 0 Å². The monoisotopic (exact) mass is 732 g/mol. The van der Waals surface area contributed by atoms with Gasteiger partial charge in [-0.2, -0.15) is 0 Å². The predicted octanol–water partition coefficient (Wildman–Crippen LogP) is 5.45. The standard InChI is InChI=1S/C36H30BrClN2O8/c1-48-27-15-18(14-26(37)31(27)43)30-22-10-11-23-29(34(46)39(32(23)44)13-12-28(41)42)24(22)17-25-33(45)40(21-9-5-8-20(38)16-21)35(47)36(25,30)19-6-3-2-4-7-19/h2-10,14-16,23-25,29-30,43H,11-13,17H2,1H3,(H,41,42). The Morgan fingerprint density at radius 1 is 1.00 bits per heavy atom. The predicted molar refractivity (Wildman–Crippen MR) is 177 cm³/mol. The van der Waals surface area contributed by atoms with E-state index in [-0.39, 0.29) is 37.3 Å². The first-order valence-electron chi connectivity index (χ1n) is 15.5. The van der Waals surface area contributed by atoms with E-state index in [0.717, 1.165) is 10.5 Å². The number of benzene rings is 3. The molecule has 48 heavy (non-hydrogen) atoms. The fourth-order valence-corrected chi connectivity index (χ4v) is 9.17. The molecule has 2 N–H and O–H groups in total. The number of nitrogens with zero attached hydrogens (tertiary/aromatic N) is 2. The Morgan fingerprint density at radius 3 is 2.44 bits per heavy atom. The molecule has 6 atom stereocenters. The summed E-state index contributed by atoms with van der Waals surface area (Å²) in [7, 11) is 1.41. The van der Waals surface area contributed by atoms with E-state index < -0.39 is 64.6 Å². The second kappa shape index (κ2) is 11.9. The molecule has 3 aromatic rings. The maximum absolute atomic E-state index is 15.3. The molecule has 0 radical (unpaired) electrons. The van der Waals surface area contributed by atoms with E-state index in [1.54, 1.807) is 36.4 Å². The van der Waals surface area contributed by atoms with Crippen molar-refractivity contribution in [3.63, 3.8) is 0 Å². The zero-order valence-corrected chi connectivity index (χ0v) is 28.0. The molecule has 3 aromatic carbocycles. The summed E-state index contributed by atoms with van der Waals surface area (Å²) in [6.45, 7) is -0.245. The Bertz CT molecular complexity index is 1930. The number of hydrogen-bond acceptors (Lipinski definition) is 7. The van der Waals surface area contributed by atoms with Gasteiger partial charge < -0.3 is 14.9 Å². The van der Waals surface area contributed by atoms with Gasteiger partial charge in [0.15, 0.2) is 11.5 Å². The number of amides is 4. The number of phenols is 1. The first-order chi connectivity index (χ1) is 23.0. The van der Waals surface area contributed by atoms with Crippen molar-refractivity contribution in [3.05, 3.63) is 99.0 Å². The number of rotatable bonds is 7. The van der Waals surface area contributed by atoms with Crippen LogP contribution in [0.1, 0.15) is 36.3 Å². The van der Waals surface area contributed by atoms with Crippen LogP contribution in [0.5, 0.6) is 11.5 Å². The van der Waals surface area contributed by atoms with Gasteiger partial charge in [0.2, 0.25) is 23.6 Å². The SMILES string of the molecule is COc1cc(C2C3=CCC4C(=O)N(CCC(=O)O)C(=O)C4C3CC3C(=O)N(c4cccc(Cl)c4)C(=O)C32c2ccccc2)cc(Br)c1O. The number of ether oxygens (including phenoxy) is 1. The van der Waals surface area contributed by atoms with Gasteiger partial charge in [-0.05, 0) is 76.1 Å². The molecule has 4 aliphatic rings. The van der Waals surface area contributed by atoms with Crippen molar-refractivity contribution in [1.29, 1.82) is 0 Å². The minimum Gasteiger partial charge on any atom is -0.503 e. The highest BCUT2D eigenvalue weighted by Gasteiger charge is 2.70. The molecule has 2 aliphatic heterocycles. The maximum atomic E-state index is 15.3. The summed E-state index contributed by atoms with van der Waals surface area (Å²) in [4.78, 5) is 71.2. The Hall–Kier alpha value is -4.48. The molecule has 4 amide bonds. The van der Waals surface area contributed by atoms with E-state index in [4.69, 9.17) is 16.3 Å². The molecule has 246 valence electrons. The van der Waals surface area contributed by atoms with E-state index in [9.17, 15) is 29.4 Å². The highest BCUT2D eigenvalue weighted by atomic mass is 79.9. The number of imide groups is 2. The topological polar surface area (TPSA) is 142 Å². The van der Waals surface area contributed by atoms with Crippen LogP contribution in [0.25, 0.3) is 0 Å². The zero-order valence-electron chi connectivity index (χ0n) is 25.6. The van der Waals surface area contributed by atoms with Crippen LogP contribution in [0.2, 0.25) is 5.02 Å². The number of aromatic hydroxyl groups is 1. The second-order valence-corrected chi connectivity index (χ2v) is 13.9. The maximum Gasteiger partial charge on any atom is 0.305 e. The van der Waals surface area contributed by atoms with E-state index in [0.29, 0.717) is 26.3 Å². The Morgan fingerprint density at radius 2 is 1.75 bits per heavy atom. The first-order valence-corrected chi connectivity index (χ1v) is 16.7. The quantitative estimate of drug-likeness (QED) is 0.241. The zero-order chi connectivity index (χ0) is 34.1. The molecule has 10 nitrogen and oxygen atoms in total. The van der Waals surface area contributed by atoms with Crippen molar-refractivity contribution in [3.8, 4) is 11.5 Å². The number of carboxylic acid groups (broad SMARTS) is 1. The first kappa shape index (κ1) is 32.1. The average molecular weight is 734 g/mol. The largest absolute Gasteiger partial charge is 0.503 e. The van der Waals surface area contributed by atoms with Crippen molar-refractivity contribution in [2.24, 2.45) is 23.7 Å². The lowest BCUT2D eigenvalue weighted by Crippen LogP contribution is -2.53. The third kappa shape index (κ3) is 4.62. The van der Waals surface area contributed by atoms with E-state index in [1.165, 1.54) is 12.0 Å².